The molecule has 2 heterocycles. The highest BCUT2D eigenvalue weighted by atomic mass is 32.1. The van der Waals surface area contributed by atoms with E-state index in [-0.39, 0.29) is 17.6 Å². The smallest absolute Gasteiger partial charge is 0.267 e. The first-order chi connectivity index (χ1) is 10.1. The molecule has 1 aromatic heterocycles. The topological polar surface area (TPSA) is 110 Å². The SMILES string of the molecule is COCCNc1nc(N)c(C(=O)N2CCNC(=O)CC2)s1. The molecule has 9 heteroatoms. The van der Waals surface area contributed by atoms with Crippen LogP contribution in [0.2, 0.25) is 0 Å². The molecule has 0 aromatic carbocycles. The van der Waals surface area contributed by atoms with E-state index >= 15 is 0 Å². The molecule has 0 radical (unpaired) electrons. The van der Waals surface area contributed by atoms with Crippen molar-refractivity contribution in [1.82, 2.24) is 15.2 Å². The van der Waals surface area contributed by atoms with Gasteiger partial charge in [0, 0.05) is 39.7 Å². The van der Waals surface area contributed by atoms with E-state index in [1.165, 1.54) is 11.3 Å². The number of aromatic nitrogens is 1. The Labute approximate surface area is 126 Å². The van der Waals surface area contributed by atoms with Crippen molar-refractivity contribution < 1.29 is 14.3 Å². The van der Waals surface area contributed by atoms with Gasteiger partial charge in [-0.3, -0.25) is 9.59 Å². The van der Waals surface area contributed by atoms with E-state index in [9.17, 15) is 9.59 Å². The van der Waals surface area contributed by atoms with Crippen LogP contribution in [0, 0.1) is 0 Å². The second-order valence-corrected chi connectivity index (χ2v) is 5.54. The van der Waals surface area contributed by atoms with Crippen molar-refractivity contribution in [3.63, 3.8) is 0 Å². The maximum atomic E-state index is 12.4. The summed E-state index contributed by atoms with van der Waals surface area (Å²) in [5.74, 6) is -0.000705. The Morgan fingerprint density at radius 1 is 1.57 bits per heavy atom. The number of carbonyl (C=O) groups is 2. The fourth-order valence-corrected chi connectivity index (χ4v) is 2.81. The van der Waals surface area contributed by atoms with Gasteiger partial charge in [-0.1, -0.05) is 11.3 Å². The van der Waals surface area contributed by atoms with Gasteiger partial charge in [0.05, 0.1) is 6.61 Å². The van der Waals surface area contributed by atoms with E-state index in [0.29, 0.717) is 49.2 Å². The van der Waals surface area contributed by atoms with Crippen molar-refractivity contribution in [2.75, 3.05) is 50.9 Å². The number of nitrogens with two attached hydrogens (primary N) is 1. The number of hydrogen-bond acceptors (Lipinski definition) is 7. The molecular formula is C12H19N5O3S. The molecule has 0 atom stereocenters. The first-order valence-electron chi connectivity index (χ1n) is 6.67. The summed E-state index contributed by atoms with van der Waals surface area (Å²) in [5, 5.41) is 6.38. The summed E-state index contributed by atoms with van der Waals surface area (Å²) < 4.78 is 4.94. The largest absolute Gasteiger partial charge is 0.383 e. The molecule has 8 nitrogen and oxygen atoms in total. The van der Waals surface area contributed by atoms with Gasteiger partial charge >= 0.3 is 0 Å². The lowest BCUT2D eigenvalue weighted by atomic mass is 10.3. The number of ether oxygens (including phenoxy) is 1. The third-order valence-corrected chi connectivity index (χ3v) is 4.05. The normalized spacial score (nSPS) is 15.5. The molecule has 2 amide bonds. The van der Waals surface area contributed by atoms with E-state index in [4.69, 9.17) is 10.5 Å². The maximum absolute atomic E-state index is 12.4. The Hall–Kier alpha value is -1.87. The quantitative estimate of drug-likeness (QED) is 0.647. The fraction of sp³-hybridized carbons (Fsp3) is 0.583. The number of nitrogens with one attached hydrogen (secondary N) is 2. The van der Waals surface area contributed by atoms with Gasteiger partial charge in [0.25, 0.3) is 5.91 Å². The monoisotopic (exact) mass is 313 g/mol. The molecule has 1 aromatic rings. The molecule has 0 unspecified atom stereocenters. The third-order valence-electron chi connectivity index (χ3n) is 3.03. The highest BCUT2D eigenvalue weighted by Gasteiger charge is 2.24. The van der Waals surface area contributed by atoms with Crippen LogP contribution >= 0.6 is 11.3 Å². The van der Waals surface area contributed by atoms with Gasteiger partial charge in [-0.15, -0.1) is 0 Å². The first kappa shape index (κ1) is 15.5. The van der Waals surface area contributed by atoms with Gasteiger partial charge in [0.2, 0.25) is 5.91 Å². The van der Waals surface area contributed by atoms with Crippen molar-refractivity contribution in [2.45, 2.75) is 6.42 Å². The van der Waals surface area contributed by atoms with Crippen LogP contribution in [-0.2, 0) is 9.53 Å². The summed E-state index contributed by atoms with van der Waals surface area (Å²) in [5.41, 5.74) is 5.82. The minimum absolute atomic E-state index is 0.0375. The number of anilines is 2. The zero-order valence-corrected chi connectivity index (χ0v) is 12.7. The molecule has 21 heavy (non-hydrogen) atoms. The van der Waals surface area contributed by atoms with Gasteiger partial charge in [-0.25, -0.2) is 4.98 Å². The van der Waals surface area contributed by atoms with Crippen molar-refractivity contribution in [1.29, 1.82) is 0 Å². The molecule has 116 valence electrons. The predicted molar refractivity (Wildman–Crippen MR) is 80.4 cm³/mol. The molecule has 1 fully saturated rings. The van der Waals surface area contributed by atoms with Crippen molar-refractivity contribution >= 4 is 34.1 Å². The number of nitrogens with zero attached hydrogens (tertiary/aromatic N) is 2. The van der Waals surface area contributed by atoms with Crippen molar-refractivity contribution in [2.24, 2.45) is 0 Å². The van der Waals surface area contributed by atoms with E-state index in [2.05, 4.69) is 15.6 Å². The Bertz CT molecular complexity index is 519. The second kappa shape index (κ2) is 7.23. The average molecular weight is 313 g/mol. The zero-order valence-electron chi connectivity index (χ0n) is 11.8. The Kier molecular flexibility index (Phi) is 5.34. The van der Waals surface area contributed by atoms with Gasteiger partial charge in [0.1, 0.15) is 10.7 Å². The van der Waals surface area contributed by atoms with Crippen LogP contribution < -0.4 is 16.4 Å². The molecule has 1 aliphatic rings. The second-order valence-electron chi connectivity index (χ2n) is 4.55. The van der Waals surface area contributed by atoms with Gasteiger partial charge < -0.3 is 26.0 Å². The van der Waals surface area contributed by atoms with E-state index < -0.39 is 0 Å². The zero-order chi connectivity index (χ0) is 15.2. The summed E-state index contributed by atoms with van der Waals surface area (Å²) in [7, 11) is 1.61. The molecule has 1 saturated heterocycles. The highest BCUT2D eigenvalue weighted by molar-refractivity contribution is 7.18. The number of carbonyl (C=O) groups excluding carboxylic acids is 2. The average Bonchev–Trinajstić information content (AvgIpc) is 2.68. The standard InChI is InChI=1S/C12H19N5O3S/c1-20-7-4-15-12-16-10(13)9(21-12)11(19)17-5-2-8(18)14-3-6-17/h2-7,13H2,1H3,(H,14,18)(H,15,16). The molecule has 0 spiro atoms. The third kappa shape index (κ3) is 4.05. The highest BCUT2D eigenvalue weighted by Crippen LogP contribution is 2.26. The van der Waals surface area contributed by atoms with Gasteiger partial charge in [0.15, 0.2) is 5.13 Å². The van der Waals surface area contributed by atoms with Gasteiger partial charge in [-0.05, 0) is 0 Å². The Morgan fingerprint density at radius 3 is 3.14 bits per heavy atom. The van der Waals surface area contributed by atoms with Crippen molar-refractivity contribution in [3.8, 4) is 0 Å². The number of rotatable bonds is 5. The first-order valence-corrected chi connectivity index (χ1v) is 7.48. The number of hydrogen-bond donors (Lipinski definition) is 3. The van der Waals surface area contributed by atoms with Crippen molar-refractivity contribution in [3.05, 3.63) is 4.88 Å². The predicted octanol–water partition coefficient (Wildman–Crippen LogP) is -0.254. The summed E-state index contributed by atoms with van der Waals surface area (Å²) in [6, 6.07) is 0. The lowest BCUT2D eigenvalue weighted by Crippen LogP contribution is -2.34. The summed E-state index contributed by atoms with van der Waals surface area (Å²) >= 11 is 1.22. The number of thiazole rings is 1. The number of amides is 2. The molecule has 0 aliphatic carbocycles. The minimum Gasteiger partial charge on any atom is -0.383 e. The Balaban J connectivity index is 2.02. The number of methoxy groups -OCH3 is 1. The van der Waals surface area contributed by atoms with Crippen LogP contribution in [0.15, 0.2) is 0 Å². The lowest BCUT2D eigenvalue weighted by Gasteiger charge is -2.18. The maximum Gasteiger partial charge on any atom is 0.267 e. The molecule has 2 rings (SSSR count). The van der Waals surface area contributed by atoms with E-state index in [1.807, 2.05) is 0 Å². The molecule has 0 saturated carbocycles. The number of nitrogen functional groups attached to an aromatic ring is 1. The van der Waals surface area contributed by atoms with Crippen LogP contribution in [-0.4, -0.2) is 61.6 Å². The van der Waals surface area contributed by atoms with E-state index in [1.54, 1.807) is 12.0 Å². The van der Waals surface area contributed by atoms with E-state index in [0.717, 1.165) is 0 Å². The fourth-order valence-electron chi connectivity index (χ4n) is 1.93. The minimum atomic E-state index is -0.179. The molecule has 0 bridgehead atoms. The van der Waals surface area contributed by atoms with Crippen LogP contribution in [0.5, 0.6) is 0 Å². The summed E-state index contributed by atoms with van der Waals surface area (Å²) in [6.45, 7) is 2.48. The van der Waals surface area contributed by atoms with Crippen LogP contribution in [0.3, 0.4) is 0 Å². The molecular weight excluding hydrogens is 294 g/mol. The van der Waals surface area contributed by atoms with Crippen LogP contribution in [0.4, 0.5) is 10.9 Å². The lowest BCUT2D eigenvalue weighted by molar-refractivity contribution is -0.120. The summed E-state index contributed by atoms with van der Waals surface area (Å²) in [4.78, 5) is 29.9. The molecule has 1 aliphatic heterocycles. The summed E-state index contributed by atoms with van der Waals surface area (Å²) in [6.07, 6.45) is 0.309. The molecule has 4 N–H and O–H groups in total. The van der Waals surface area contributed by atoms with Crippen LogP contribution in [0.1, 0.15) is 16.1 Å². The Morgan fingerprint density at radius 2 is 2.38 bits per heavy atom. The van der Waals surface area contributed by atoms with Crippen LogP contribution in [0.25, 0.3) is 0 Å². The van der Waals surface area contributed by atoms with Gasteiger partial charge in [-0.2, -0.15) is 0 Å².